The highest BCUT2D eigenvalue weighted by Gasteiger charge is 2.21. The predicted molar refractivity (Wildman–Crippen MR) is 82.7 cm³/mol. The summed E-state index contributed by atoms with van der Waals surface area (Å²) in [6, 6.07) is 1.76. The van der Waals surface area contributed by atoms with Crippen molar-refractivity contribution in [2.45, 2.75) is 12.8 Å². The molecule has 112 valence electrons. The van der Waals surface area contributed by atoms with E-state index >= 15 is 0 Å². The van der Waals surface area contributed by atoms with E-state index in [1.807, 2.05) is 5.38 Å². The minimum atomic E-state index is -0.0565. The molecule has 1 fully saturated rings. The first-order valence-electron chi connectivity index (χ1n) is 6.93. The van der Waals surface area contributed by atoms with Gasteiger partial charge in [0.25, 0.3) is 5.91 Å². The van der Waals surface area contributed by atoms with Gasteiger partial charge in [-0.25, -0.2) is 0 Å². The molecule has 1 aliphatic rings. The number of hydrogen-bond acceptors (Lipinski definition) is 4. The molecular formula is C14H21ClN2O2S. The van der Waals surface area contributed by atoms with Crippen molar-refractivity contribution in [3.05, 3.63) is 21.3 Å². The lowest BCUT2D eigenvalue weighted by Gasteiger charge is -2.32. The van der Waals surface area contributed by atoms with Crippen LogP contribution < -0.4 is 5.32 Å². The molecule has 0 unspecified atom stereocenters. The number of halogens is 1. The van der Waals surface area contributed by atoms with Crippen LogP contribution in [-0.4, -0.2) is 50.7 Å². The number of nitrogens with zero attached hydrogens (tertiary/aromatic N) is 1. The standard InChI is InChI=1S/C14H21ClN2O2S/c1-19-7-6-17-5-2-3-11(10-17)9-16-14(18)13-12(15)4-8-20-13/h4,8,11H,2-3,5-7,9-10H2,1H3,(H,16,18)/t11-/m0/s1. The second-order valence-electron chi connectivity index (χ2n) is 5.11. The summed E-state index contributed by atoms with van der Waals surface area (Å²) < 4.78 is 5.12. The largest absolute Gasteiger partial charge is 0.383 e. The lowest BCUT2D eigenvalue weighted by Crippen LogP contribution is -2.42. The van der Waals surface area contributed by atoms with Gasteiger partial charge in [0.15, 0.2) is 0 Å². The van der Waals surface area contributed by atoms with Gasteiger partial charge < -0.3 is 15.0 Å². The Morgan fingerprint density at radius 1 is 1.65 bits per heavy atom. The zero-order chi connectivity index (χ0) is 14.4. The summed E-state index contributed by atoms with van der Waals surface area (Å²) in [6.07, 6.45) is 2.35. The van der Waals surface area contributed by atoms with Crippen molar-refractivity contribution in [3.8, 4) is 0 Å². The maximum absolute atomic E-state index is 12.0. The van der Waals surface area contributed by atoms with Crippen molar-refractivity contribution >= 4 is 28.8 Å². The average molecular weight is 317 g/mol. The molecule has 0 bridgehead atoms. The Morgan fingerprint density at radius 3 is 3.20 bits per heavy atom. The lowest BCUT2D eigenvalue weighted by atomic mass is 9.98. The number of carbonyl (C=O) groups excluding carboxylic acids is 1. The second-order valence-corrected chi connectivity index (χ2v) is 6.43. The number of piperidine rings is 1. The van der Waals surface area contributed by atoms with Gasteiger partial charge in [0.1, 0.15) is 4.88 Å². The van der Waals surface area contributed by atoms with Crippen LogP contribution in [0.15, 0.2) is 11.4 Å². The molecule has 0 saturated carbocycles. The molecule has 0 aromatic carbocycles. The van der Waals surface area contributed by atoms with Gasteiger partial charge in [-0.3, -0.25) is 4.79 Å². The molecule has 20 heavy (non-hydrogen) atoms. The summed E-state index contributed by atoms with van der Waals surface area (Å²) in [5.41, 5.74) is 0. The molecule has 1 aliphatic heterocycles. The van der Waals surface area contributed by atoms with Gasteiger partial charge in [0.05, 0.1) is 11.6 Å². The fourth-order valence-electron chi connectivity index (χ4n) is 2.51. The van der Waals surface area contributed by atoms with Crippen molar-refractivity contribution < 1.29 is 9.53 Å². The Bertz CT molecular complexity index is 439. The summed E-state index contributed by atoms with van der Waals surface area (Å²) in [5, 5.41) is 5.38. The molecule has 4 nitrogen and oxygen atoms in total. The number of likely N-dealkylation sites (tertiary alicyclic amines) is 1. The molecule has 2 heterocycles. The van der Waals surface area contributed by atoms with Crippen LogP contribution in [0.25, 0.3) is 0 Å². The lowest BCUT2D eigenvalue weighted by molar-refractivity contribution is 0.0917. The smallest absolute Gasteiger partial charge is 0.262 e. The van der Waals surface area contributed by atoms with Crippen LogP contribution >= 0.6 is 22.9 Å². The van der Waals surface area contributed by atoms with Gasteiger partial charge in [0.2, 0.25) is 0 Å². The van der Waals surface area contributed by atoms with Gasteiger partial charge in [-0.05, 0) is 36.8 Å². The van der Waals surface area contributed by atoms with Gasteiger partial charge in [-0.15, -0.1) is 11.3 Å². The van der Waals surface area contributed by atoms with E-state index in [4.69, 9.17) is 16.3 Å². The average Bonchev–Trinajstić information content (AvgIpc) is 2.89. The van der Waals surface area contributed by atoms with Gasteiger partial charge in [-0.1, -0.05) is 11.6 Å². The van der Waals surface area contributed by atoms with Crippen LogP contribution in [0.1, 0.15) is 22.5 Å². The van der Waals surface area contributed by atoms with Crippen LogP contribution in [0.2, 0.25) is 5.02 Å². The zero-order valence-corrected chi connectivity index (χ0v) is 13.3. The predicted octanol–water partition coefficient (Wildman–Crippen LogP) is 2.49. The molecular weight excluding hydrogens is 296 g/mol. The molecule has 0 aliphatic carbocycles. The SMILES string of the molecule is COCCN1CCC[C@@H](CNC(=O)c2sccc2Cl)C1. The molecule has 2 rings (SSSR count). The summed E-state index contributed by atoms with van der Waals surface area (Å²) in [7, 11) is 1.73. The number of amides is 1. The summed E-state index contributed by atoms with van der Waals surface area (Å²) in [6.45, 7) is 4.62. The minimum absolute atomic E-state index is 0.0565. The summed E-state index contributed by atoms with van der Waals surface area (Å²) in [5.74, 6) is 0.460. The third kappa shape index (κ3) is 4.45. The number of hydrogen-bond donors (Lipinski definition) is 1. The molecule has 0 radical (unpaired) electrons. The van der Waals surface area contributed by atoms with E-state index in [1.54, 1.807) is 13.2 Å². The Morgan fingerprint density at radius 2 is 2.50 bits per heavy atom. The highest BCUT2D eigenvalue weighted by molar-refractivity contribution is 7.12. The van der Waals surface area contributed by atoms with Crippen LogP contribution in [0.3, 0.4) is 0 Å². The van der Waals surface area contributed by atoms with E-state index in [2.05, 4.69) is 10.2 Å². The normalized spacial score (nSPS) is 20.0. The Hall–Kier alpha value is -0.620. The highest BCUT2D eigenvalue weighted by Crippen LogP contribution is 2.22. The van der Waals surface area contributed by atoms with Gasteiger partial charge in [0, 0.05) is 26.7 Å². The third-order valence-corrected chi connectivity index (χ3v) is 4.93. The number of thiophene rings is 1. The fourth-order valence-corrected chi connectivity index (χ4v) is 3.57. The first-order chi connectivity index (χ1) is 9.70. The van der Waals surface area contributed by atoms with Crippen molar-refractivity contribution in [1.29, 1.82) is 0 Å². The van der Waals surface area contributed by atoms with Crippen molar-refractivity contribution in [3.63, 3.8) is 0 Å². The number of nitrogens with one attached hydrogen (secondary N) is 1. The van der Waals surface area contributed by atoms with E-state index in [9.17, 15) is 4.79 Å². The molecule has 1 aromatic rings. The molecule has 1 aromatic heterocycles. The third-order valence-electron chi connectivity index (χ3n) is 3.59. The molecule has 1 saturated heterocycles. The van der Waals surface area contributed by atoms with Crippen LogP contribution in [-0.2, 0) is 4.74 Å². The van der Waals surface area contributed by atoms with E-state index in [0.29, 0.717) is 15.8 Å². The van der Waals surface area contributed by atoms with E-state index in [-0.39, 0.29) is 5.91 Å². The van der Waals surface area contributed by atoms with Crippen LogP contribution in [0.5, 0.6) is 0 Å². The van der Waals surface area contributed by atoms with E-state index < -0.39 is 0 Å². The van der Waals surface area contributed by atoms with Crippen molar-refractivity contribution in [2.24, 2.45) is 5.92 Å². The van der Waals surface area contributed by atoms with E-state index in [0.717, 1.165) is 32.8 Å². The minimum Gasteiger partial charge on any atom is -0.383 e. The zero-order valence-electron chi connectivity index (χ0n) is 11.7. The number of rotatable bonds is 6. The Labute approximate surface area is 129 Å². The summed E-state index contributed by atoms with van der Waals surface area (Å²) in [4.78, 5) is 15.0. The molecule has 1 atom stereocenters. The first-order valence-corrected chi connectivity index (χ1v) is 8.19. The molecule has 6 heteroatoms. The first kappa shape index (κ1) is 15.8. The van der Waals surface area contributed by atoms with Gasteiger partial charge >= 0.3 is 0 Å². The molecule has 1 amide bonds. The maximum atomic E-state index is 12.0. The molecule has 0 spiro atoms. The van der Waals surface area contributed by atoms with Crippen molar-refractivity contribution in [2.75, 3.05) is 39.9 Å². The van der Waals surface area contributed by atoms with Gasteiger partial charge in [-0.2, -0.15) is 0 Å². The quantitative estimate of drug-likeness (QED) is 0.876. The molecule has 1 N–H and O–H groups in total. The highest BCUT2D eigenvalue weighted by atomic mass is 35.5. The maximum Gasteiger partial charge on any atom is 0.262 e. The monoisotopic (exact) mass is 316 g/mol. The van der Waals surface area contributed by atoms with Crippen LogP contribution in [0.4, 0.5) is 0 Å². The number of methoxy groups -OCH3 is 1. The number of ether oxygens (including phenoxy) is 1. The summed E-state index contributed by atoms with van der Waals surface area (Å²) >= 11 is 7.35. The Balaban J connectivity index is 1.76. The fraction of sp³-hybridized carbons (Fsp3) is 0.643. The topological polar surface area (TPSA) is 41.6 Å². The van der Waals surface area contributed by atoms with Crippen LogP contribution in [0, 0.1) is 5.92 Å². The van der Waals surface area contributed by atoms with E-state index in [1.165, 1.54) is 24.2 Å². The Kier molecular flexibility index (Phi) is 6.29. The van der Waals surface area contributed by atoms with Crippen molar-refractivity contribution in [1.82, 2.24) is 10.2 Å². The number of carbonyl (C=O) groups is 1. The second kappa shape index (κ2) is 7.98.